The van der Waals surface area contributed by atoms with Gasteiger partial charge < -0.3 is 15.8 Å². The molecule has 2 rings (SSSR count). The number of aliphatic hydroxyl groups is 1. The van der Waals surface area contributed by atoms with Crippen molar-refractivity contribution in [3.8, 4) is 0 Å². The monoisotopic (exact) mass is 190 g/mol. The lowest BCUT2D eigenvalue weighted by Crippen LogP contribution is -1.98. The summed E-state index contributed by atoms with van der Waals surface area (Å²) >= 11 is 0. The second kappa shape index (κ2) is 3.35. The summed E-state index contributed by atoms with van der Waals surface area (Å²) in [5, 5.41) is 10.1. The van der Waals surface area contributed by atoms with Crippen LogP contribution in [0, 0.1) is 0 Å². The first-order valence-corrected chi connectivity index (χ1v) is 4.69. The molecule has 1 aromatic carbocycles. The lowest BCUT2D eigenvalue weighted by molar-refractivity contribution is 0.271. The molecule has 0 spiro atoms. The van der Waals surface area contributed by atoms with Gasteiger partial charge in [-0.15, -0.1) is 0 Å². The molecule has 1 atom stereocenters. The van der Waals surface area contributed by atoms with Crippen LogP contribution in [0.15, 0.2) is 24.3 Å². The van der Waals surface area contributed by atoms with E-state index in [9.17, 15) is 0 Å². The Morgan fingerprint density at radius 2 is 2.21 bits per heavy atom. The van der Waals surface area contributed by atoms with Crippen LogP contribution in [0.4, 0.5) is 5.69 Å². The maximum Gasteiger partial charge on any atom is 0.0511 e. The highest BCUT2D eigenvalue weighted by molar-refractivity contribution is 5.83. The number of aromatic nitrogens is 1. The van der Waals surface area contributed by atoms with Gasteiger partial charge in [-0.25, -0.2) is 0 Å². The minimum absolute atomic E-state index is 0.142. The second-order valence-electron chi connectivity index (χ2n) is 3.65. The first kappa shape index (κ1) is 9.09. The van der Waals surface area contributed by atoms with E-state index in [1.165, 1.54) is 0 Å². The third-order valence-corrected chi connectivity index (χ3v) is 2.47. The molecule has 1 aromatic heterocycles. The van der Waals surface area contributed by atoms with Crippen molar-refractivity contribution in [2.75, 3.05) is 12.3 Å². The summed E-state index contributed by atoms with van der Waals surface area (Å²) in [5.41, 5.74) is 8.56. The number of fused-ring (bicyclic) bond motifs is 1. The third-order valence-electron chi connectivity index (χ3n) is 2.47. The Kier molecular flexibility index (Phi) is 2.17. The molecular weight excluding hydrogens is 176 g/mol. The number of anilines is 1. The number of H-pyrrole nitrogens is 1. The summed E-state index contributed by atoms with van der Waals surface area (Å²) in [7, 11) is 0. The molecule has 4 N–H and O–H groups in total. The zero-order valence-electron chi connectivity index (χ0n) is 8.12. The minimum Gasteiger partial charge on any atom is -0.399 e. The number of nitrogens with one attached hydrogen (secondary N) is 1. The van der Waals surface area contributed by atoms with Crippen molar-refractivity contribution in [2.24, 2.45) is 0 Å². The van der Waals surface area contributed by atoms with E-state index in [1.807, 2.05) is 31.2 Å². The fraction of sp³-hybridized carbons (Fsp3) is 0.273. The van der Waals surface area contributed by atoms with Gasteiger partial charge in [0.15, 0.2) is 0 Å². The van der Waals surface area contributed by atoms with Crippen LogP contribution in [-0.2, 0) is 0 Å². The van der Waals surface area contributed by atoms with E-state index in [2.05, 4.69) is 4.98 Å². The molecule has 1 heterocycles. The Balaban J connectivity index is 2.51. The Labute approximate surface area is 82.6 Å². The molecular formula is C11H14N2O. The van der Waals surface area contributed by atoms with Gasteiger partial charge in [-0.2, -0.15) is 0 Å². The SMILES string of the molecule is C[C@H](CO)c1cc2cc(N)ccc2[nH]1. The maximum atomic E-state index is 9.02. The van der Waals surface area contributed by atoms with Gasteiger partial charge in [0.25, 0.3) is 0 Å². The highest BCUT2D eigenvalue weighted by atomic mass is 16.3. The molecule has 0 unspecified atom stereocenters. The summed E-state index contributed by atoms with van der Waals surface area (Å²) in [4.78, 5) is 3.26. The summed E-state index contributed by atoms with van der Waals surface area (Å²) in [6.07, 6.45) is 0. The van der Waals surface area contributed by atoms with Gasteiger partial charge in [0.1, 0.15) is 0 Å². The van der Waals surface area contributed by atoms with E-state index in [0.29, 0.717) is 0 Å². The van der Waals surface area contributed by atoms with Crippen molar-refractivity contribution in [1.29, 1.82) is 0 Å². The zero-order chi connectivity index (χ0) is 10.1. The predicted octanol–water partition coefficient (Wildman–Crippen LogP) is 1.85. The van der Waals surface area contributed by atoms with Gasteiger partial charge in [0.2, 0.25) is 0 Å². The van der Waals surface area contributed by atoms with E-state index < -0.39 is 0 Å². The van der Waals surface area contributed by atoms with E-state index >= 15 is 0 Å². The number of nitrogen functional groups attached to an aromatic ring is 1. The number of nitrogens with two attached hydrogens (primary N) is 1. The number of hydrogen-bond acceptors (Lipinski definition) is 2. The van der Waals surface area contributed by atoms with Crippen molar-refractivity contribution < 1.29 is 5.11 Å². The highest BCUT2D eigenvalue weighted by Gasteiger charge is 2.07. The third kappa shape index (κ3) is 1.46. The number of benzene rings is 1. The molecule has 14 heavy (non-hydrogen) atoms. The summed E-state index contributed by atoms with van der Waals surface area (Å²) in [5.74, 6) is 0.142. The van der Waals surface area contributed by atoms with E-state index in [-0.39, 0.29) is 12.5 Å². The van der Waals surface area contributed by atoms with Crippen LogP contribution >= 0.6 is 0 Å². The molecule has 0 aliphatic rings. The molecule has 0 fully saturated rings. The van der Waals surface area contributed by atoms with Crippen LogP contribution in [0.2, 0.25) is 0 Å². The van der Waals surface area contributed by atoms with Gasteiger partial charge in [0.05, 0.1) is 6.61 Å². The Morgan fingerprint density at radius 3 is 2.93 bits per heavy atom. The molecule has 0 saturated carbocycles. The second-order valence-corrected chi connectivity index (χ2v) is 3.65. The van der Waals surface area contributed by atoms with Crippen molar-refractivity contribution in [3.05, 3.63) is 30.0 Å². The fourth-order valence-corrected chi connectivity index (χ4v) is 1.54. The average Bonchev–Trinajstić information content (AvgIpc) is 2.59. The Hall–Kier alpha value is -1.48. The lowest BCUT2D eigenvalue weighted by Gasteiger charge is -2.02. The normalized spacial score (nSPS) is 13.3. The highest BCUT2D eigenvalue weighted by Crippen LogP contribution is 2.22. The van der Waals surface area contributed by atoms with E-state index in [1.54, 1.807) is 0 Å². The molecule has 0 aliphatic heterocycles. The quantitative estimate of drug-likeness (QED) is 0.633. The topological polar surface area (TPSA) is 62.0 Å². The first-order valence-electron chi connectivity index (χ1n) is 4.69. The molecule has 0 saturated heterocycles. The minimum atomic E-state index is 0.142. The van der Waals surface area contributed by atoms with Crippen LogP contribution in [0.1, 0.15) is 18.5 Å². The Bertz CT molecular complexity index is 447. The van der Waals surface area contributed by atoms with Crippen LogP contribution in [0.25, 0.3) is 10.9 Å². The lowest BCUT2D eigenvalue weighted by atomic mass is 10.1. The fourth-order valence-electron chi connectivity index (χ4n) is 1.54. The number of rotatable bonds is 2. The van der Waals surface area contributed by atoms with Gasteiger partial charge in [-0.05, 0) is 24.3 Å². The largest absolute Gasteiger partial charge is 0.399 e. The predicted molar refractivity (Wildman–Crippen MR) is 58.2 cm³/mol. The van der Waals surface area contributed by atoms with Crippen LogP contribution < -0.4 is 5.73 Å². The van der Waals surface area contributed by atoms with E-state index in [4.69, 9.17) is 10.8 Å². The molecule has 3 nitrogen and oxygen atoms in total. The van der Waals surface area contributed by atoms with Crippen molar-refractivity contribution in [1.82, 2.24) is 4.98 Å². The number of hydrogen-bond donors (Lipinski definition) is 3. The number of aliphatic hydroxyl groups excluding tert-OH is 1. The molecule has 3 heteroatoms. The standard InChI is InChI=1S/C11H14N2O/c1-7(6-14)11-5-8-4-9(12)2-3-10(8)13-11/h2-5,7,13-14H,6,12H2,1H3/t7-/m1/s1. The van der Waals surface area contributed by atoms with Gasteiger partial charge in [-0.3, -0.25) is 0 Å². The van der Waals surface area contributed by atoms with Crippen LogP contribution in [0.3, 0.4) is 0 Å². The van der Waals surface area contributed by atoms with Crippen LogP contribution in [-0.4, -0.2) is 16.7 Å². The van der Waals surface area contributed by atoms with E-state index in [0.717, 1.165) is 22.3 Å². The molecule has 0 bridgehead atoms. The van der Waals surface area contributed by atoms with Gasteiger partial charge in [-0.1, -0.05) is 6.92 Å². The molecule has 2 aromatic rings. The van der Waals surface area contributed by atoms with Crippen molar-refractivity contribution >= 4 is 16.6 Å². The first-order chi connectivity index (χ1) is 6.70. The summed E-state index contributed by atoms with van der Waals surface area (Å²) in [6, 6.07) is 7.79. The smallest absolute Gasteiger partial charge is 0.0511 e. The van der Waals surface area contributed by atoms with Gasteiger partial charge >= 0.3 is 0 Å². The summed E-state index contributed by atoms with van der Waals surface area (Å²) in [6.45, 7) is 2.14. The van der Waals surface area contributed by atoms with Crippen molar-refractivity contribution in [3.63, 3.8) is 0 Å². The number of aromatic amines is 1. The van der Waals surface area contributed by atoms with Gasteiger partial charge in [0, 0.05) is 28.2 Å². The molecule has 0 aliphatic carbocycles. The summed E-state index contributed by atoms with van der Waals surface area (Å²) < 4.78 is 0. The van der Waals surface area contributed by atoms with Crippen LogP contribution in [0.5, 0.6) is 0 Å². The zero-order valence-corrected chi connectivity index (χ0v) is 8.12. The molecule has 74 valence electrons. The average molecular weight is 190 g/mol. The molecule has 0 amide bonds. The Morgan fingerprint density at radius 1 is 1.43 bits per heavy atom. The maximum absolute atomic E-state index is 9.02. The van der Waals surface area contributed by atoms with Crippen molar-refractivity contribution in [2.45, 2.75) is 12.8 Å². The molecule has 0 radical (unpaired) electrons.